The lowest BCUT2D eigenvalue weighted by Crippen LogP contribution is -2.24. The number of aromatic nitrogens is 2. The van der Waals surface area contributed by atoms with Crippen LogP contribution in [0.15, 0.2) is 90.2 Å². The minimum Gasteiger partial charge on any atom is -0.484 e. The molecule has 0 bridgehead atoms. The second-order valence-electron chi connectivity index (χ2n) is 8.39. The number of amides is 1. The van der Waals surface area contributed by atoms with Crippen molar-refractivity contribution >= 4 is 12.1 Å². The van der Waals surface area contributed by atoms with Gasteiger partial charge in [0.1, 0.15) is 11.4 Å². The average molecular weight is 453 g/mol. The maximum Gasteiger partial charge on any atom is 0.277 e. The van der Waals surface area contributed by atoms with Gasteiger partial charge in [-0.25, -0.2) is 10.1 Å². The van der Waals surface area contributed by atoms with Crippen molar-refractivity contribution < 1.29 is 9.53 Å². The van der Waals surface area contributed by atoms with Crippen molar-refractivity contribution in [2.45, 2.75) is 26.7 Å². The first-order valence-corrected chi connectivity index (χ1v) is 11.3. The van der Waals surface area contributed by atoms with Gasteiger partial charge in [-0.1, -0.05) is 67.9 Å². The van der Waals surface area contributed by atoms with E-state index in [1.807, 2.05) is 90.6 Å². The molecule has 0 fully saturated rings. The summed E-state index contributed by atoms with van der Waals surface area (Å²) in [5.74, 6) is 0.758. The number of carbonyl (C=O) groups excluding carboxylic acids is 1. The SMILES string of the molecule is Cc1cccc(-c2nn(-c3ccccc3)cc2C=NNC(=O)COc2ccc(C(C)C)cc2)c1. The van der Waals surface area contributed by atoms with Crippen molar-refractivity contribution in [1.82, 2.24) is 15.2 Å². The molecule has 3 aromatic carbocycles. The molecule has 4 aromatic rings. The second kappa shape index (κ2) is 10.6. The van der Waals surface area contributed by atoms with Crippen LogP contribution in [0.4, 0.5) is 0 Å². The van der Waals surface area contributed by atoms with Gasteiger partial charge in [-0.2, -0.15) is 10.2 Å². The van der Waals surface area contributed by atoms with Crippen LogP contribution in [0.5, 0.6) is 5.75 Å². The van der Waals surface area contributed by atoms with Gasteiger partial charge in [0.25, 0.3) is 5.91 Å². The van der Waals surface area contributed by atoms with Gasteiger partial charge >= 0.3 is 0 Å². The Morgan fingerprint density at radius 2 is 1.82 bits per heavy atom. The fourth-order valence-electron chi connectivity index (χ4n) is 3.52. The summed E-state index contributed by atoms with van der Waals surface area (Å²) >= 11 is 0. The highest BCUT2D eigenvalue weighted by molar-refractivity contribution is 5.89. The van der Waals surface area contributed by atoms with Crippen LogP contribution >= 0.6 is 0 Å². The molecule has 1 amide bonds. The molecule has 1 N–H and O–H groups in total. The van der Waals surface area contributed by atoms with Crippen molar-refractivity contribution in [3.05, 3.63) is 102 Å². The summed E-state index contributed by atoms with van der Waals surface area (Å²) in [6, 6.07) is 25.8. The Bertz CT molecular complexity index is 1280. The Hall–Kier alpha value is -4.19. The van der Waals surface area contributed by atoms with E-state index in [1.165, 1.54) is 5.56 Å². The number of nitrogens with zero attached hydrogens (tertiary/aromatic N) is 3. The first-order chi connectivity index (χ1) is 16.5. The van der Waals surface area contributed by atoms with E-state index in [0.29, 0.717) is 11.7 Å². The molecule has 1 heterocycles. The Kier molecular flexibility index (Phi) is 7.18. The topological polar surface area (TPSA) is 68.5 Å². The highest BCUT2D eigenvalue weighted by Gasteiger charge is 2.12. The number of para-hydroxylation sites is 1. The van der Waals surface area contributed by atoms with Crippen LogP contribution in [0.1, 0.15) is 36.5 Å². The van der Waals surface area contributed by atoms with Crippen molar-refractivity contribution in [2.75, 3.05) is 6.61 Å². The number of ether oxygens (including phenoxy) is 1. The van der Waals surface area contributed by atoms with Crippen LogP contribution in [-0.2, 0) is 4.79 Å². The van der Waals surface area contributed by atoms with Gasteiger partial charge in [0.05, 0.1) is 11.9 Å². The van der Waals surface area contributed by atoms with Crippen molar-refractivity contribution in [1.29, 1.82) is 0 Å². The van der Waals surface area contributed by atoms with Crippen LogP contribution in [0.2, 0.25) is 0 Å². The molecule has 0 saturated carbocycles. The van der Waals surface area contributed by atoms with E-state index in [2.05, 4.69) is 30.4 Å². The lowest BCUT2D eigenvalue weighted by atomic mass is 10.0. The number of benzene rings is 3. The molecule has 0 aliphatic heterocycles. The van der Waals surface area contributed by atoms with Gasteiger partial charge in [0.2, 0.25) is 0 Å². The van der Waals surface area contributed by atoms with E-state index in [-0.39, 0.29) is 12.5 Å². The van der Waals surface area contributed by atoms with Gasteiger partial charge < -0.3 is 4.74 Å². The molecule has 4 rings (SSSR count). The minimum atomic E-state index is -0.336. The van der Waals surface area contributed by atoms with Gasteiger partial charge in [0, 0.05) is 17.3 Å². The minimum absolute atomic E-state index is 0.119. The van der Waals surface area contributed by atoms with Crippen molar-refractivity contribution in [3.8, 4) is 22.7 Å². The monoisotopic (exact) mass is 452 g/mol. The number of carbonyl (C=O) groups is 1. The number of nitrogens with one attached hydrogen (secondary N) is 1. The summed E-state index contributed by atoms with van der Waals surface area (Å²) in [6.07, 6.45) is 3.51. The number of hydrazone groups is 1. The largest absolute Gasteiger partial charge is 0.484 e. The van der Waals surface area contributed by atoms with E-state index in [4.69, 9.17) is 9.84 Å². The second-order valence-corrected chi connectivity index (χ2v) is 8.39. The molecule has 0 saturated heterocycles. The van der Waals surface area contributed by atoms with Crippen LogP contribution in [0, 0.1) is 6.92 Å². The van der Waals surface area contributed by atoms with Gasteiger partial charge in [-0.05, 0) is 48.7 Å². The molecule has 0 atom stereocenters. The fraction of sp³-hybridized carbons (Fsp3) is 0.179. The summed E-state index contributed by atoms with van der Waals surface area (Å²) in [5.41, 5.74) is 8.40. The van der Waals surface area contributed by atoms with E-state index in [9.17, 15) is 4.79 Å². The third kappa shape index (κ3) is 5.78. The van der Waals surface area contributed by atoms with Gasteiger partial charge in [-0.3, -0.25) is 4.79 Å². The summed E-state index contributed by atoms with van der Waals surface area (Å²) < 4.78 is 7.38. The quantitative estimate of drug-likeness (QED) is 0.283. The zero-order valence-corrected chi connectivity index (χ0v) is 19.6. The molecule has 0 radical (unpaired) electrons. The fourth-order valence-corrected chi connectivity index (χ4v) is 3.52. The van der Waals surface area contributed by atoms with Crippen LogP contribution in [-0.4, -0.2) is 28.5 Å². The van der Waals surface area contributed by atoms with Crippen molar-refractivity contribution in [3.63, 3.8) is 0 Å². The molecule has 0 spiro atoms. The highest BCUT2D eigenvalue weighted by atomic mass is 16.5. The standard InChI is InChI=1S/C28H28N4O2/c1-20(2)22-12-14-26(15-13-22)34-19-27(33)30-29-17-24-18-32(25-10-5-4-6-11-25)31-28(24)23-9-7-8-21(3)16-23/h4-18,20H,19H2,1-3H3,(H,30,33). The summed E-state index contributed by atoms with van der Waals surface area (Å²) in [7, 11) is 0. The third-order valence-electron chi connectivity index (χ3n) is 5.36. The van der Waals surface area contributed by atoms with Crippen LogP contribution in [0.25, 0.3) is 16.9 Å². The number of aryl methyl sites for hydroxylation is 1. The Balaban J connectivity index is 1.46. The molecule has 172 valence electrons. The van der Waals surface area contributed by atoms with Gasteiger partial charge in [-0.15, -0.1) is 0 Å². The molecule has 34 heavy (non-hydrogen) atoms. The first kappa shape index (κ1) is 23.0. The molecule has 1 aromatic heterocycles. The smallest absolute Gasteiger partial charge is 0.277 e. The van der Waals surface area contributed by atoms with E-state index in [1.54, 1.807) is 6.21 Å². The summed E-state index contributed by atoms with van der Waals surface area (Å²) in [4.78, 5) is 12.2. The van der Waals surface area contributed by atoms with Crippen molar-refractivity contribution in [2.24, 2.45) is 5.10 Å². The molecule has 0 aliphatic rings. The summed E-state index contributed by atoms with van der Waals surface area (Å²) in [6.45, 7) is 6.19. The first-order valence-electron chi connectivity index (χ1n) is 11.3. The maximum absolute atomic E-state index is 12.2. The van der Waals surface area contributed by atoms with E-state index >= 15 is 0 Å². The predicted molar refractivity (Wildman–Crippen MR) is 135 cm³/mol. The molecule has 0 aliphatic carbocycles. The van der Waals surface area contributed by atoms with E-state index in [0.717, 1.165) is 28.1 Å². The van der Waals surface area contributed by atoms with Crippen LogP contribution in [0.3, 0.4) is 0 Å². The number of rotatable bonds is 8. The molecular formula is C28H28N4O2. The lowest BCUT2D eigenvalue weighted by Gasteiger charge is -2.08. The Labute approximate surface area is 199 Å². The third-order valence-corrected chi connectivity index (χ3v) is 5.36. The maximum atomic E-state index is 12.2. The number of hydrogen-bond donors (Lipinski definition) is 1. The zero-order chi connectivity index (χ0) is 23.9. The highest BCUT2D eigenvalue weighted by Crippen LogP contribution is 2.23. The molecule has 6 heteroatoms. The Morgan fingerprint density at radius 1 is 1.06 bits per heavy atom. The molecule has 0 unspecified atom stereocenters. The number of hydrogen-bond acceptors (Lipinski definition) is 4. The summed E-state index contributed by atoms with van der Waals surface area (Å²) in [5, 5.41) is 8.92. The normalized spacial score (nSPS) is 11.2. The lowest BCUT2D eigenvalue weighted by molar-refractivity contribution is -0.123. The molecular weight excluding hydrogens is 424 g/mol. The molecule has 6 nitrogen and oxygen atoms in total. The average Bonchev–Trinajstić information content (AvgIpc) is 3.28. The van der Waals surface area contributed by atoms with E-state index < -0.39 is 0 Å². The predicted octanol–water partition coefficient (Wildman–Crippen LogP) is 5.50. The van der Waals surface area contributed by atoms with Gasteiger partial charge in [0.15, 0.2) is 6.61 Å². The zero-order valence-electron chi connectivity index (χ0n) is 19.6. The Morgan fingerprint density at radius 3 is 2.53 bits per heavy atom. The van der Waals surface area contributed by atoms with Crippen LogP contribution < -0.4 is 10.2 Å².